The van der Waals surface area contributed by atoms with E-state index in [1.54, 1.807) is 45.4 Å². The average Bonchev–Trinajstić information content (AvgIpc) is 3.20. The van der Waals surface area contributed by atoms with Crippen LogP contribution in [0.1, 0.15) is 11.1 Å². The number of ketones is 1. The van der Waals surface area contributed by atoms with Crippen molar-refractivity contribution in [3.8, 4) is 0 Å². The molecule has 0 aromatic heterocycles. The van der Waals surface area contributed by atoms with Crippen molar-refractivity contribution in [2.45, 2.75) is 10.4 Å². The van der Waals surface area contributed by atoms with Gasteiger partial charge in [-0.05, 0) is 32.3 Å². The highest BCUT2D eigenvalue weighted by atomic mass is 32.2. The molecule has 1 atom stereocenters. The fourth-order valence-electron chi connectivity index (χ4n) is 4.73. The van der Waals surface area contributed by atoms with Crippen molar-refractivity contribution in [1.29, 1.82) is 0 Å². The van der Waals surface area contributed by atoms with Gasteiger partial charge in [-0.25, -0.2) is 12.7 Å². The van der Waals surface area contributed by atoms with Crippen molar-refractivity contribution in [3.05, 3.63) is 65.2 Å². The Morgan fingerprint density at radius 2 is 1.67 bits per heavy atom. The van der Waals surface area contributed by atoms with Crippen LogP contribution in [0.3, 0.4) is 0 Å². The molecule has 2 amide bonds. The van der Waals surface area contributed by atoms with Gasteiger partial charge in [0.25, 0.3) is 17.6 Å². The van der Waals surface area contributed by atoms with E-state index in [0.717, 1.165) is 4.31 Å². The lowest BCUT2D eigenvalue weighted by molar-refractivity contribution is -0.143. The maximum atomic E-state index is 13.9. The summed E-state index contributed by atoms with van der Waals surface area (Å²) in [6.07, 6.45) is 0. The maximum absolute atomic E-state index is 13.9. The van der Waals surface area contributed by atoms with Gasteiger partial charge >= 0.3 is 0 Å². The Bertz CT molecular complexity index is 1420. The van der Waals surface area contributed by atoms with Gasteiger partial charge in [0.2, 0.25) is 10.0 Å². The molecule has 0 saturated carbocycles. The topological polar surface area (TPSA) is 119 Å². The number of carbonyl (C=O) groups excluding carboxylic acids is 3. The van der Waals surface area contributed by atoms with Crippen LogP contribution in [0.25, 0.3) is 5.76 Å². The van der Waals surface area contributed by atoms with Crippen LogP contribution in [0.4, 0.5) is 5.69 Å². The summed E-state index contributed by atoms with van der Waals surface area (Å²) in [5.74, 6) is -3.09. The standard InChI is InChI=1S/C25H28N4O6S/c1-26(2)13-14-29-23(32)22(31)20(25(29)18-11-6-7-12-19(18)28(5)24(25)33)21(30)16-9-8-10-17(15-16)36(34,35)27(3)4/h6-12,15,30H,13-14H2,1-5H3/t25-/m0/s1. The number of likely N-dealkylation sites (N-methyl/N-ethyl adjacent to an activating group) is 2. The number of fused-ring (bicyclic) bond motifs is 2. The average molecular weight is 513 g/mol. The molecule has 0 unspecified atom stereocenters. The predicted octanol–water partition coefficient (Wildman–Crippen LogP) is 1.05. The Labute approximate surface area is 210 Å². The number of para-hydroxylation sites is 1. The molecule has 1 spiro atoms. The van der Waals surface area contributed by atoms with E-state index in [-0.39, 0.29) is 22.6 Å². The number of hydrogen-bond acceptors (Lipinski definition) is 7. The first-order valence-corrected chi connectivity index (χ1v) is 12.7. The second kappa shape index (κ2) is 8.84. The second-order valence-electron chi connectivity index (χ2n) is 9.22. The molecule has 2 aromatic rings. The van der Waals surface area contributed by atoms with E-state index in [4.69, 9.17) is 0 Å². The Morgan fingerprint density at radius 3 is 2.31 bits per heavy atom. The molecule has 1 saturated heterocycles. The largest absolute Gasteiger partial charge is 0.507 e. The number of benzene rings is 2. The lowest BCUT2D eigenvalue weighted by Gasteiger charge is -2.34. The highest BCUT2D eigenvalue weighted by Gasteiger charge is 2.66. The highest BCUT2D eigenvalue weighted by Crippen LogP contribution is 2.53. The quantitative estimate of drug-likeness (QED) is 0.349. The number of Topliss-reactive ketones (excluding diaryl/α,β-unsaturated/α-hetero) is 1. The van der Waals surface area contributed by atoms with Crippen molar-refractivity contribution >= 4 is 39.1 Å². The molecule has 1 N–H and O–H groups in total. The molecule has 1 fully saturated rings. The Balaban J connectivity index is 2.03. The van der Waals surface area contributed by atoms with E-state index in [0.29, 0.717) is 17.8 Å². The van der Waals surface area contributed by atoms with E-state index in [9.17, 15) is 27.9 Å². The second-order valence-corrected chi connectivity index (χ2v) is 11.4. The van der Waals surface area contributed by atoms with Crippen LogP contribution in [0.2, 0.25) is 0 Å². The van der Waals surface area contributed by atoms with Crippen LogP contribution in [-0.2, 0) is 29.9 Å². The van der Waals surface area contributed by atoms with Crippen molar-refractivity contribution in [2.75, 3.05) is 53.2 Å². The lowest BCUT2D eigenvalue weighted by atomic mass is 9.82. The van der Waals surface area contributed by atoms with E-state index < -0.39 is 38.9 Å². The summed E-state index contributed by atoms with van der Waals surface area (Å²) < 4.78 is 26.4. The number of aliphatic hydroxyl groups is 1. The molecular formula is C25H28N4O6S. The number of anilines is 1. The first-order chi connectivity index (χ1) is 16.9. The van der Waals surface area contributed by atoms with Crippen LogP contribution < -0.4 is 4.90 Å². The third-order valence-corrected chi connectivity index (χ3v) is 8.41. The van der Waals surface area contributed by atoms with E-state index in [2.05, 4.69) is 0 Å². The minimum Gasteiger partial charge on any atom is -0.507 e. The molecule has 2 heterocycles. The van der Waals surface area contributed by atoms with Gasteiger partial charge in [-0.15, -0.1) is 0 Å². The zero-order chi connectivity index (χ0) is 26.6. The summed E-state index contributed by atoms with van der Waals surface area (Å²) in [6.45, 7) is 0.419. The molecule has 11 heteroatoms. The zero-order valence-corrected chi connectivity index (χ0v) is 21.5. The fourth-order valence-corrected chi connectivity index (χ4v) is 5.68. The Hall–Kier alpha value is -3.54. The number of amides is 2. The molecular weight excluding hydrogens is 484 g/mol. The van der Waals surface area contributed by atoms with Crippen molar-refractivity contribution in [1.82, 2.24) is 14.1 Å². The van der Waals surface area contributed by atoms with Crippen LogP contribution in [-0.4, -0.2) is 93.6 Å². The molecule has 2 aromatic carbocycles. The minimum atomic E-state index is -3.85. The number of hydrogen-bond donors (Lipinski definition) is 1. The van der Waals surface area contributed by atoms with Gasteiger partial charge in [0.15, 0.2) is 5.54 Å². The maximum Gasteiger partial charge on any atom is 0.296 e. The van der Waals surface area contributed by atoms with Crippen molar-refractivity contribution < 1.29 is 27.9 Å². The summed E-state index contributed by atoms with van der Waals surface area (Å²) in [5, 5.41) is 11.5. The van der Waals surface area contributed by atoms with E-state index >= 15 is 0 Å². The number of aliphatic hydroxyl groups excluding tert-OH is 1. The monoisotopic (exact) mass is 512 g/mol. The van der Waals surface area contributed by atoms with Crippen LogP contribution >= 0.6 is 0 Å². The van der Waals surface area contributed by atoms with Crippen molar-refractivity contribution in [2.24, 2.45) is 0 Å². The van der Waals surface area contributed by atoms with Gasteiger partial charge in [0.05, 0.1) is 10.5 Å². The van der Waals surface area contributed by atoms with Crippen LogP contribution in [0.15, 0.2) is 59.0 Å². The molecule has 10 nitrogen and oxygen atoms in total. The molecule has 2 aliphatic rings. The third-order valence-electron chi connectivity index (χ3n) is 6.60. The van der Waals surface area contributed by atoms with Gasteiger partial charge in [0.1, 0.15) is 5.76 Å². The number of rotatable bonds is 6. The number of carbonyl (C=O) groups is 3. The summed E-state index contributed by atoms with van der Waals surface area (Å²) in [5.41, 5.74) is -1.35. The number of nitrogens with zero attached hydrogens (tertiary/aromatic N) is 4. The number of sulfonamides is 1. The zero-order valence-electron chi connectivity index (χ0n) is 20.7. The molecule has 36 heavy (non-hydrogen) atoms. The van der Waals surface area contributed by atoms with Crippen LogP contribution in [0, 0.1) is 0 Å². The fraction of sp³-hybridized carbons (Fsp3) is 0.320. The summed E-state index contributed by atoms with van der Waals surface area (Å²) in [6, 6.07) is 12.2. The molecule has 190 valence electrons. The minimum absolute atomic E-state index is 0.00254. The first kappa shape index (κ1) is 25.5. The van der Waals surface area contributed by atoms with Gasteiger partial charge in [-0.1, -0.05) is 30.3 Å². The molecule has 2 aliphatic heterocycles. The number of likely N-dealkylation sites (tertiary alicyclic amines) is 1. The normalized spacial score (nSPS) is 21.4. The SMILES string of the molecule is CN(C)CCN1C(=O)C(=O)C(=C(O)c2cccc(S(=O)(=O)N(C)C)c2)[C@@]12C(=O)N(C)c1ccccc12. The molecule has 4 rings (SSSR count). The Kier molecular flexibility index (Phi) is 6.27. The first-order valence-electron chi connectivity index (χ1n) is 11.2. The van der Waals surface area contributed by atoms with E-state index in [1.165, 1.54) is 48.2 Å². The Morgan fingerprint density at radius 1 is 1.00 bits per heavy atom. The van der Waals surface area contributed by atoms with Gasteiger partial charge < -0.3 is 19.8 Å². The summed E-state index contributed by atoms with van der Waals surface area (Å²) in [7, 11) is 4.06. The van der Waals surface area contributed by atoms with Gasteiger partial charge in [0, 0.05) is 51.0 Å². The highest BCUT2D eigenvalue weighted by molar-refractivity contribution is 7.89. The van der Waals surface area contributed by atoms with Gasteiger partial charge in [-0.2, -0.15) is 0 Å². The summed E-state index contributed by atoms with van der Waals surface area (Å²) in [4.78, 5) is 45.0. The smallest absolute Gasteiger partial charge is 0.296 e. The van der Waals surface area contributed by atoms with Gasteiger partial charge in [-0.3, -0.25) is 14.4 Å². The van der Waals surface area contributed by atoms with E-state index in [1.807, 2.05) is 4.90 Å². The summed E-state index contributed by atoms with van der Waals surface area (Å²) >= 11 is 0. The third kappa shape index (κ3) is 3.54. The van der Waals surface area contributed by atoms with Crippen molar-refractivity contribution in [3.63, 3.8) is 0 Å². The lowest BCUT2D eigenvalue weighted by Crippen LogP contribution is -2.52. The molecule has 0 aliphatic carbocycles. The van der Waals surface area contributed by atoms with Crippen LogP contribution in [0.5, 0.6) is 0 Å². The predicted molar refractivity (Wildman–Crippen MR) is 134 cm³/mol. The molecule has 0 bridgehead atoms. The molecule has 0 radical (unpaired) electrons.